The van der Waals surface area contributed by atoms with Gasteiger partial charge in [-0.3, -0.25) is 0 Å². The van der Waals surface area contributed by atoms with E-state index in [0.29, 0.717) is 12.5 Å². The Morgan fingerprint density at radius 1 is 1.50 bits per heavy atom. The van der Waals surface area contributed by atoms with Crippen molar-refractivity contribution in [1.82, 2.24) is 10.6 Å². The number of nitrogens with one attached hydrogen (secondary N) is 2. The van der Waals surface area contributed by atoms with Crippen LogP contribution in [-0.4, -0.2) is 38.9 Å². The highest BCUT2D eigenvalue weighted by Gasteiger charge is 2.12. The minimum atomic E-state index is -0.465. The third-order valence-corrected chi connectivity index (χ3v) is 2.29. The van der Waals surface area contributed by atoms with Gasteiger partial charge in [-0.25, -0.2) is 4.79 Å². The molecule has 0 spiro atoms. The van der Waals surface area contributed by atoms with E-state index in [1.165, 1.54) is 6.42 Å². The molecule has 0 aromatic rings. The van der Waals surface area contributed by atoms with Crippen molar-refractivity contribution >= 4 is 6.03 Å². The van der Waals surface area contributed by atoms with E-state index in [1.54, 1.807) is 0 Å². The fourth-order valence-corrected chi connectivity index (χ4v) is 1.55. The molecule has 0 aliphatic carbocycles. The quantitative estimate of drug-likeness (QED) is 0.533. The first-order valence-electron chi connectivity index (χ1n) is 5.11. The van der Waals surface area contributed by atoms with Gasteiger partial charge in [0.15, 0.2) is 0 Å². The van der Waals surface area contributed by atoms with Crippen LogP contribution < -0.4 is 16.4 Å². The zero-order chi connectivity index (χ0) is 10.2. The molecular formula is C9H19N3O2. The van der Waals surface area contributed by atoms with Crippen molar-refractivity contribution in [2.75, 3.05) is 32.8 Å². The van der Waals surface area contributed by atoms with Gasteiger partial charge in [0, 0.05) is 26.2 Å². The summed E-state index contributed by atoms with van der Waals surface area (Å²) in [7, 11) is 0. The molecule has 5 nitrogen and oxygen atoms in total. The van der Waals surface area contributed by atoms with Crippen LogP contribution in [0.15, 0.2) is 0 Å². The van der Waals surface area contributed by atoms with E-state index in [0.717, 1.165) is 32.7 Å². The molecule has 1 saturated heterocycles. The Morgan fingerprint density at radius 3 is 3.00 bits per heavy atom. The summed E-state index contributed by atoms with van der Waals surface area (Å²) in [5, 5.41) is 5.79. The van der Waals surface area contributed by atoms with E-state index in [1.807, 2.05) is 0 Å². The predicted octanol–water partition coefficient (Wildman–Crippen LogP) is -0.329. The first kappa shape index (κ1) is 11.3. The Balaban J connectivity index is 1.90. The Hall–Kier alpha value is -0.810. The number of carbonyl (C=O) groups is 1. The van der Waals surface area contributed by atoms with Crippen LogP contribution in [0.1, 0.15) is 12.8 Å². The lowest BCUT2D eigenvalue weighted by molar-refractivity contribution is 0.0550. The van der Waals surface area contributed by atoms with Gasteiger partial charge in [0.25, 0.3) is 0 Å². The second kappa shape index (κ2) is 6.62. The molecule has 0 saturated carbocycles. The second-order valence-corrected chi connectivity index (χ2v) is 3.58. The lowest BCUT2D eigenvalue weighted by Crippen LogP contribution is -2.37. The third-order valence-electron chi connectivity index (χ3n) is 2.29. The molecule has 14 heavy (non-hydrogen) atoms. The highest BCUT2D eigenvalue weighted by Crippen LogP contribution is 2.11. The number of amides is 2. The molecule has 1 rings (SSSR count). The molecule has 0 radical (unpaired) electrons. The first-order valence-corrected chi connectivity index (χ1v) is 5.11. The Kier molecular flexibility index (Phi) is 5.32. The Labute approximate surface area is 84.4 Å². The van der Waals surface area contributed by atoms with Crippen molar-refractivity contribution in [2.45, 2.75) is 12.8 Å². The van der Waals surface area contributed by atoms with Gasteiger partial charge in [0.1, 0.15) is 0 Å². The van der Waals surface area contributed by atoms with Gasteiger partial charge in [-0.1, -0.05) is 0 Å². The maximum Gasteiger partial charge on any atom is 0.312 e. The number of hydrogen-bond acceptors (Lipinski definition) is 3. The van der Waals surface area contributed by atoms with Crippen LogP contribution in [0.25, 0.3) is 0 Å². The van der Waals surface area contributed by atoms with Gasteiger partial charge in [0.2, 0.25) is 0 Å². The van der Waals surface area contributed by atoms with Crippen molar-refractivity contribution in [3.05, 3.63) is 0 Å². The van der Waals surface area contributed by atoms with Gasteiger partial charge in [-0.05, 0) is 18.8 Å². The number of primary amides is 1. The summed E-state index contributed by atoms with van der Waals surface area (Å²) < 4.78 is 5.35. The average molecular weight is 201 g/mol. The third kappa shape index (κ3) is 5.04. The summed E-state index contributed by atoms with van der Waals surface area (Å²) in [6.07, 6.45) is 2.39. The minimum absolute atomic E-state index is 0.465. The molecule has 1 aliphatic heterocycles. The fraction of sp³-hybridized carbons (Fsp3) is 0.889. The van der Waals surface area contributed by atoms with E-state index in [9.17, 15) is 4.79 Å². The normalized spacial score (nSPS) is 21.9. The molecule has 1 fully saturated rings. The minimum Gasteiger partial charge on any atom is -0.381 e. The van der Waals surface area contributed by atoms with E-state index in [4.69, 9.17) is 10.5 Å². The van der Waals surface area contributed by atoms with E-state index in [-0.39, 0.29) is 0 Å². The van der Waals surface area contributed by atoms with Crippen molar-refractivity contribution in [3.8, 4) is 0 Å². The largest absolute Gasteiger partial charge is 0.381 e. The number of rotatable bonds is 5. The van der Waals surface area contributed by atoms with Crippen molar-refractivity contribution < 1.29 is 9.53 Å². The highest BCUT2D eigenvalue weighted by molar-refractivity contribution is 5.71. The molecule has 1 atom stereocenters. The topological polar surface area (TPSA) is 76.4 Å². The van der Waals surface area contributed by atoms with Crippen LogP contribution in [0.5, 0.6) is 0 Å². The molecule has 1 heterocycles. The van der Waals surface area contributed by atoms with Crippen molar-refractivity contribution in [2.24, 2.45) is 11.7 Å². The number of nitrogens with two attached hydrogens (primary N) is 1. The fourth-order valence-electron chi connectivity index (χ4n) is 1.55. The van der Waals surface area contributed by atoms with Crippen LogP contribution >= 0.6 is 0 Å². The molecule has 1 aliphatic rings. The summed E-state index contributed by atoms with van der Waals surface area (Å²) >= 11 is 0. The lowest BCUT2D eigenvalue weighted by atomic mass is 10.0. The lowest BCUT2D eigenvalue weighted by Gasteiger charge is -2.22. The molecule has 0 aromatic heterocycles. The monoisotopic (exact) mass is 201 g/mol. The van der Waals surface area contributed by atoms with E-state index < -0.39 is 6.03 Å². The predicted molar refractivity (Wildman–Crippen MR) is 54.0 cm³/mol. The number of carbonyl (C=O) groups excluding carboxylic acids is 1. The molecule has 82 valence electrons. The molecule has 2 amide bonds. The summed E-state index contributed by atoms with van der Waals surface area (Å²) in [4.78, 5) is 10.3. The first-order chi connectivity index (χ1) is 6.79. The van der Waals surface area contributed by atoms with Crippen LogP contribution in [-0.2, 0) is 4.74 Å². The standard InChI is InChI=1S/C9H19N3O2/c10-9(13)12-4-3-11-6-8-2-1-5-14-7-8/h8,11H,1-7H2,(H3,10,12,13). The van der Waals surface area contributed by atoms with Gasteiger partial charge < -0.3 is 21.1 Å². The second-order valence-electron chi connectivity index (χ2n) is 3.58. The molecule has 5 heteroatoms. The Bertz CT molecular complexity index is 169. The molecule has 1 unspecified atom stereocenters. The summed E-state index contributed by atoms with van der Waals surface area (Å²) in [6, 6.07) is -0.465. The van der Waals surface area contributed by atoms with Gasteiger partial charge >= 0.3 is 6.03 Å². The van der Waals surface area contributed by atoms with E-state index in [2.05, 4.69) is 10.6 Å². The van der Waals surface area contributed by atoms with Gasteiger partial charge in [-0.15, -0.1) is 0 Å². The summed E-state index contributed by atoms with van der Waals surface area (Å²) in [5.74, 6) is 0.623. The zero-order valence-corrected chi connectivity index (χ0v) is 8.42. The molecule has 4 N–H and O–H groups in total. The van der Waals surface area contributed by atoms with Crippen molar-refractivity contribution in [3.63, 3.8) is 0 Å². The number of ether oxygens (including phenoxy) is 1. The van der Waals surface area contributed by atoms with Crippen LogP contribution in [0.4, 0.5) is 4.79 Å². The molecular weight excluding hydrogens is 182 g/mol. The smallest absolute Gasteiger partial charge is 0.312 e. The van der Waals surface area contributed by atoms with E-state index >= 15 is 0 Å². The van der Waals surface area contributed by atoms with Crippen LogP contribution in [0.3, 0.4) is 0 Å². The Morgan fingerprint density at radius 2 is 2.36 bits per heavy atom. The maximum absolute atomic E-state index is 10.3. The van der Waals surface area contributed by atoms with Gasteiger partial charge in [0.05, 0.1) is 6.61 Å². The number of hydrogen-bond donors (Lipinski definition) is 3. The number of urea groups is 1. The maximum atomic E-state index is 10.3. The summed E-state index contributed by atoms with van der Waals surface area (Å²) in [6.45, 7) is 4.07. The molecule has 0 aromatic carbocycles. The van der Waals surface area contributed by atoms with Crippen LogP contribution in [0.2, 0.25) is 0 Å². The SMILES string of the molecule is NC(=O)NCCNCC1CCCOC1. The molecule has 0 bridgehead atoms. The van der Waals surface area contributed by atoms with Crippen LogP contribution in [0, 0.1) is 5.92 Å². The summed E-state index contributed by atoms with van der Waals surface area (Å²) in [5.41, 5.74) is 4.92. The van der Waals surface area contributed by atoms with Gasteiger partial charge in [-0.2, -0.15) is 0 Å². The highest BCUT2D eigenvalue weighted by atomic mass is 16.5. The zero-order valence-electron chi connectivity index (χ0n) is 8.42. The van der Waals surface area contributed by atoms with Crippen molar-refractivity contribution in [1.29, 1.82) is 0 Å². The average Bonchev–Trinajstić information content (AvgIpc) is 2.18.